The molecular formula is C14H21NOS. The van der Waals surface area contributed by atoms with E-state index < -0.39 is 0 Å². The SMILES string of the molecule is CCC1CNc2cc(SCC(C)C)ccc2O1. The summed E-state index contributed by atoms with van der Waals surface area (Å²) in [5, 5.41) is 3.45. The molecule has 0 bridgehead atoms. The van der Waals surface area contributed by atoms with Crippen LogP contribution in [0.4, 0.5) is 5.69 Å². The number of ether oxygens (including phenoxy) is 1. The standard InChI is InChI=1S/C14H21NOS/c1-4-11-8-15-13-7-12(17-9-10(2)3)5-6-14(13)16-11/h5-7,10-11,15H,4,8-9H2,1-3H3. The third kappa shape index (κ3) is 3.32. The van der Waals surface area contributed by atoms with Crippen molar-refractivity contribution >= 4 is 17.4 Å². The minimum atomic E-state index is 0.316. The van der Waals surface area contributed by atoms with E-state index in [0.29, 0.717) is 6.10 Å². The average Bonchev–Trinajstić information content (AvgIpc) is 2.35. The number of thioether (sulfide) groups is 1. The zero-order chi connectivity index (χ0) is 12.3. The van der Waals surface area contributed by atoms with Crippen LogP contribution >= 0.6 is 11.8 Å². The molecule has 0 saturated carbocycles. The van der Waals surface area contributed by atoms with Crippen LogP contribution < -0.4 is 10.1 Å². The monoisotopic (exact) mass is 251 g/mol. The summed E-state index contributed by atoms with van der Waals surface area (Å²) in [6.07, 6.45) is 1.37. The van der Waals surface area contributed by atoms with Crippen molar-refractivity contribution in [1.29, 1.82) is 0 Å². The minimum Gasteiger partial charge on any atom is -0.486 e. The molecule has 0 radical (unpaired) electrons. The van der Waals surface area contributed by atoms with Crippen LogP contribution in [0.1, 0.15) is 27.2 Å². The first-order valence-electron chi connectivity index (χ1n) is 6.36. The smallest absolute Gasteiger partial charge is 0.142 e. The van der Waals surface area contributed by atoms with Crippen molar-refractivity contribution in [3.8, 4) is 5.75 Å². The van der Waals surface area contributed by atoms with Crippen molar-refractivity contribution in [3.05, 3.63) is 18.2 Å². The van der Waals surface area contributed by atoms with Gasteiger partial charge in [-0.25, -0.2) is 0 Å². The topological polar surface area (TPSA) is 21.3 Å². The number of rotatable bonds is 4. The summed E-state index contributed by atoms with van der Waals surface area (Å²) in [5.41, 5.74) is 1.14. The van der Waals surface area contributed by atoms with E-state index in [2.05, 4.69) is 44.3 Å². The fourth-order valence-electron chi connectivity index (χ4n) is 1.78. The Kier molecular flexibility index (Phi) is 4.21. The predicted molar refractivity (Wildman–Crippen MR) is 75.2 cm³/mol. The normalized spacial score (nSPS) is 18.5. The highest BCUT2D eigenvalue weighted by molar-refractivity contribution is 7.99. The van der Waals surface area contributed by atoms with Crippen molar-refractivity contribution in [1.82, 2.24) is 0 Å². The van der Waals surface area contributed by atoms with Crippen LogP contribution in [0, 0.1) is 5.92 Å². The summed E-state index contributed by atoms with van der Waals surface area (Å²) in [4.78, 5) is 1.32. The first-order valence-corrected chi connectivity index (χ1v) is 7.35. The van der Waals surface area contributed by atoms with Crippen LogP contribution in [0.2, 0.25) is 0 Å². The Balaban J connectivity index is 2.05. The van der Waals surface area contributed by atoms with Crippen molar-refractivity contribution in [2.45, 2.75) is 38.2 Å². The van der Waals surface area contributed by atoms with Gasteiger partial charge in [0.15, 0.2) is 0 Å². The van der Waals surface area contributed by atoms with E-state index in [0.717, 1.165) is 36.1 Å². The quantitative estimate of drug-likeness (QED) is 0.817. The largest absolute Gasteiger partial charge is 0.486 e. The number of anilines is 1. The van der Waals surface area contributed by atoms with E-state index in [1.165, 1.54) is 4.90 Å². The van der Waals surface area contributed by atoms with Gasteiger partial charge in [-0.1, -0.05) is 20.8 Å². The third-order valence-electron chi connectivity index (χ3n) is 2.80. The highest BCUT2D eigenvalue weighted by atomic mass is 32.2. The molecule has 0 amide bonds. The van der Waals surface area contributed by atoms with E-state index in [9.17, 15) is 0 Å². The zero-order valence-electron chi connectivity index (χ0n) is 10.8. The van der Waals surface area contributed by atoms with Crippen LogP contribution in [0.25, 0.3) is 0 Å². The predicted octanol–water partition coefficient (Wildman–Crippen LogP) is 4.02. The molecule has 1 atom stereocenters. The molecular weight excluding hydrogens is 230 g/mol. The summed E-state index contributed by atoms with van der Waals surface area (Å²) in [7, 11) is 0. The molecule has 0 saturated heterocycles. The fraction of sp³-hybridized carbons (Fsp3) is 0.571. The highest BCUT2D eigenvalue weighted by Gasteiger charge is 2.17. The van der Waals surface area contributed by atoms with Crippen molar-refractivity contribution in [3.63, 3.8) is 0 Å². The molecule has 2 rings (SSSR count). The van der Waals surface area contributed by atoms with Gasteiger partial charge < -0.3 is 10.1 Å². The van der Waals surface area contributed by atoms with Crippen LogP contribution in [-0.4, -0.2) is 18.4 Å². The second-order valence-electron chi connectivity index (χ2n) is 4.89. The highest BCUT2D eigenvalue weighted by Crippen LogP contribution is 2.34. The van der Waals surface area contributed by atoms with Gasteiger partial charge in [0.05, 0.1) is 12.2 Å². The lowest BCUT2D eigenvalue weighted by Gasteiger charge is -2.27. The summed E-state index contributed by atoms with van der Waals surface area (Å²) in [6.45, 7) is 7.57. The number of hydrogen-bond donors (Lipinski definition) is 1. The Morgan fingerprint density at radius 2 is 2.29 bits per heavy atom. The van der Waals surface area contributed by atoms with Crippen molar-refractivity contribution in [2.24, 2.45) is 5.92 Å². The van der Waals surface area contributed by atoms with Crippen LogP contribution in [0.15, 0.2) is 23.1 Å². The van der Waals surface area contributed by atoms with Crippen LogP contribution in [0.3, 0.4) is 0 Å². The van der Waals surface area contributed by atoms with Gasteiger partial charge in [0, 0.05) is 10.6 Å². The Morgan fingerprint density at radius 3 is 3.00 bits per heavy atom. The Labute approximate surface area is 108 Å². The van der Waals surface area contributed by atoms with Gasteiger partial charge in [0.25, 0.3) is 0 Å². The van der Waals surface area contributed by atoms with E-state index in [4.69, 9.17) is 4.74 Å². The molecule has 0 aromatic heterocycles. The number of hydrogen-bond acceptors (Lipinski definition) is 3. The molecule has 0 spiro atoms. The Bertz CT molecular complexity index is 378. The second kappa shape index (κ2) is 5.67. The second-order valence-corrected chi connectivity index (χ2v) is 5.99. The zero-order valence-corrected chi connectivity index (χ0v) is 11.6. The molecule has 3 heteroatoms. The fourth-order valence-corrected chi connectivity index (χ4v) is 2.67. The minimum absolute atomic E-state index is 0.316. The number of fused-ring (bicyclic) bond motifs is 1. The molecule has 1 unspecified atom stereocenters. The molecule has 0 aliphatic carbocycles. The van der Waals surface area contributed by atoms with E-state index >= 15 is 0 Å². The number of nitrogens with one attached hydrogen (secondary N) is 1. The van der Waals surface area contributed by atoms with Crippen molar-refractivity contribution < 1.29 is 4.74 Å². The molecule has 1 heterocycles. The average molecular weight is 251 g/mol. The van der Waals surface area contributed by atoms with Gasteiger partial charge in [-0.3, -0.25) is 0 Å². The molecule has 1 N–H and O–H groups in total. The van der Waals surface area contributed by atoms with Gasteiger partial charge in [-0.15, -0.1) is 11.8 Å². The van der Waals surface area contributed by atoms with Gasteiger partial charge in [0.2, 0.25) is 0 Å². The molecule has 1 aliphatic heterocycles. The Hall–Kier alpha value is -0.830. The lowest BCUT2D eigenvalue weighted by molar-refractivity contribution is 0.201. The lowest BCUT2D eigenvalue weighted by Crippen LogP contribution is -2.29. The lowest BCUT2D eigenvalue weighted by atomic mass is 10.2. The van der Waals surface area contributed by atoms with E-state index in [1.807, 2.05) is 11.8 Å². The first-order chi connectivity index (χ1) is 8.19. The van der Waals surface area contributed by atoms with Gasteiger partial charge in [-0.05, 0) is 30.5 Å². The molecule has 17 heavy (non-hydrogen) atoms. The first kappa shape index (κ1) is 12.6. The number of benzene rings is 1. The summed E-state index contributed by atoms with van der Waals surface area (Å²) in [6, 6.07) is 6.45. The maximum Gasteiger partial charge on any atom is 0.142 e. The molecule has 2 nitrogen and oxygen atoms in total. The molecule has 0 fully saturated rings. The molecule has 1 aliphatic rings. The van der Waals surface area contributed by atoms with Crippen LogP contribution in [0.5, 0.6) is 5.75 Å². The van der Waals surface area contributed by atoms with E-state index in [-0.39, 0.29) is 0 Å². The van der Waals surface area contributed by atoms with Crippen molar-refractivity contribution in [2.75, 3.05) is 17.6 Å². The van der Waals surface area contributed by atoms with E-state index in [1.54, 1.807) is 0 Å². The third-order valence-corrected chi connectivity index (χ3v) is 4.22. The Morgan fingerprint density at radius 1 is 1.47 bits per heavy atom. The van der Waals surface area contributed by atoms with Gasteiger partial charge in [0.1, 0.15) is 11.9 Å². The van der Waals surface area contributed by atoms with Gasteiger partial charge in [-0.2, -0.15) is 0 Å². The molecule has 1 aromatic rings. The molecule has 94 valence electrons. The summed E-state index contributed by atoms with van der Waals surface area (Å²) < 4.78 is 5.89. The van der Waals surface area contributed by atoms with Gasteiger partial charge >= 0.3 is 0 Å². The maximum absolute atomic E-state index is 5.89. The maximum atomic E-state index is 5.89. The van der Waals surface area contributed by atoms with Crippen LogP contribution in [-0.2, 0) is 0 Å². The summed E-state index contributed by atoms with van der Waals surface area (Å²) >= 11 is 1.91. The summed E-state index contributed by atoms with van der Waals surface area (Å²) in [5.74, 6) is 2.89. The molecule has 1 aromatic carbocycles.